The zero-order valence-corrected chi connectivity index (χ0v) is 12.0. The van der Waals surface area contributed by atoms with E-state index in [0.29, 0.717) is 13.0 Å². The molecule has 3 rings (SSSR count). The van der Waals surface area contributed by atoms with Crippen molar-refractivity contribution in [1.82, 2.24) is 10.2 Å². The van der Waals surface area contributed by atoms with Gasteiger partial charge in [-0.25, -0.2) is 0 Å². The molecular formula is C16H18N2O3. The summed E-state index contributed by atoms with van der Waals surface area (Å²) in [5, 5.41) is 2.63. The highest BCUT2D eigenvalue weighted by Crippen LogP contribution is 2.46. The van der Waals surface area contributed by atoms with E-state index in [0.717, 1.165) is 22.4 Å². The van der Waals surface area contributed by atoms with Gasteiger partial charge in [-0.3, -0.25) is 19.3 Å². The van der Waals surface area contributed by atoms with Crippen LogP contribution in [0.5, 0.6) is 0 Å². The number of benzene rings is 1. The van der Waals surface area contributed by atoms with Crippen LogP contribution in [-0.2, 0) is 26.2 Å². The van der Waals surface area contributed by atoms with Crippen LogP contribution < -0.4 is 5.32 Å². The zero-order valence-electron chi connectivity index (χ0n) is 12.0. The predicted octanol–water partition coefficient (Wildman–Crippen LogP) is 0.766. The number of aryl methyl sites for hydroxylation is 1. The molecule has 1 N–H and O–H groups in total. The fourth-order valence-corrected chi connectivity index (χ4v) is 3.45. The Morgan fingerprint density at radius 2 is 2.10 bits per heavy atom. The maximum absolute atomic E-state index is 12.8. The van der Waals surface area contributed by atoms with Gasteiger partial charge >= 0.3 is 0 Å². The first-order valence-corrected chi connectivity index (χ1v) is 7.28. The van der Waals surface area contributed by atoms with Gasteiger partial charge in [0.2, 0.25) is 17.7 Å². The first kappa shape index (κ1) is 13.8. The van der Waals surface area contributed by atoms with Crippen LogP contribution >= 0.6 is 0 Å². The number of nitrogens with one attached hydrogen (secondary N) is 1. The first-order valence-electron chi connectivity index (χ1n) is 7.28. The van der Waals surface area contributed by atoms with E-state index in [2.05, 4.69) is 5.32 Å². The normalized spacial score (nSPS) is 23.8. The molecule has 1 aliphatic carbocycles. The van der Waals surface area contributed by atoms with Crippen molar-refractivity contribution >= 4 is 17.7 Å². The Labute approximate surface area is 123 Å². The van der Waals surface area contributed by atoms with E-state index in [1.54, 1.807) is 6.92 Å². The van der Waals surface area contributed by atoms with Crippen molar-refractivity contribution < 1.29 is 14.4 Å². The summed E-state index contributed by atoms with van der Waals surface area (Å²) in [6.07, 6.45) is 1.65. The lowest BCUT2D eigenvalue weighted by Gasteiger charge is -2.22. The zero-order chi connectivity index (χ0) is 15.0. The maximum Gasteiger partial charge on any atom is 0.240 e. The Morgan fingerprint density at radius 3 is 2.86 bits per heavy atom. The van der Waals surface area contributed by atoms with Crippen LogP contribution in [0, 0.1) is 0 Å². The third-order valence-corrected chi connectivity index (χ3v) is 4.44. The van der Waals surface area contributed by atoms with Crippen molar-refractivity contribution in [3.8, 4) is 0 Å². The van der Waals surface area contributed by atoms with Crippen LogP contribution in [0.25, 0.3) is 0 Å². The molecule has 3 amide bonds. The van der Waals surface area contributed by atoms with Crippen molar-refractivity contribution in [1.29, 1.82) is 0 Å². The Balaban J connectivity index is 1.89. The average molecular weight is 286 g/mol. The number of hydrogen-bond donors (Lipinski definition) is 1. The molecule has 0 unspecified atom stereocenters. The monoisotopic (exact) mass is 286 g/mol. The van der Waals surface area contributed by atoms with Crippen LogP contribution in [0.3, 0.4) is 0 Å². The molecule has 0 radical (unpaired) electrons. The van der Waals surface area contributed by atoms with Gasteiger partial charge in [0.15, 0.2) is 0 Å². The van der Waals surface area contributed by atoms with Crippen LogP contribution in [0.15, 0.2) is 24.3 Å². The summed E-state index contributed by atoms with van der Waals surface area (Å²) in [5.41, 5.74) is 1.36. The predicted molar refractivity (Wildman–Crippen MR) is 76.5 cm³/mol. The molecule has 1 aromatic carbocycles. The maximum atomic E-state index is 12.8. The summed E-state index contributed by atoms with van der Waals surface area (Å²) in [5.74, 6) is -0.755. The van der Waals surface area contributed by atoms with Crippen molar-refractivity contribution in [3.63, 3.8) is 0 Å². The lowest BCUT2D eigenvalue weighted by Crippen LogP contribution is -2.43. The minimum absolute atomic E-state index is 0.171. The molecule has 5 heteroatoms. The van der Waals surface area contributed by atoms with Crippen molar-refractivity contribution in [2.45, 2.75) is 31.6 Å². The molecule has 1 aromatic rings. The first-order chi connectivity index (χ1) is 10.1. The van der Waals surface area contributed by atoms with Gasteiger partial charge in [0.25, 0.3) is 0 Å². The number of hydrogen-bond acceptors (Lipinski definition) is 3. The number of imide groups is 1. The van der Waals surface area contributed by atoms with Gasteiger partial charge in [-0.15, -0.1) is 0 Å². The molecule has 1 saturated heterocycles. The Kier molecular flexibility index (Phi) is 3.27. The van der Waals surface area contributed by atoms with Gasteiger partial charge in [-0.05, 0) is 30.9 Å². The Morgan fingerprint density at radius 1 is 1.33 bits per heavy atom. The number of carbonyl (C=O) groups excluding carboxylic acids is 3. The van der Waals surface area contributed by atoms with E-state index >= 15 is 0 Å². The van der Waals surface area contributed by atoms with Gasteiger partial charge in [-0.1, -0.05) is 24.3 Å². The highest BCUT2D eigenvalue weighted by atomic mass is 16.2. The molecule has 1 spiro atoms. The van der Waals surface area contributed by atoms with Crippen LogP contribution in [-0.4, -0.2) is 35.7 Å². The number of likely N-dealkylation sites (tertiary alicyclic amines) is 1. The lowest BCUT2D eigenvalue weighted by molar-refractivity contribution is -0.143. The molecule has 2 aliphatic rings. The van der Waals surface area contributed by atoms with Crippen molar-refractivity contribution in [2.24, 2.45) is 0 Å². The number of likely N-dealkylation sites (N-methyl/N-ethyl adjacent to an activating group) is 1. The molecule has 0 bridgehead atoms. The van der Waals surface area contributed by atoms with Crippen LogP contribution in [0.1, 0.15) is 30.9 Å². The number of carbonyl (C=O) groups is 3. The van der Waals surface area contributed by atoms with Gasteiger partial charge < -0.3 is 5.32 Å². The topological polar surface area (TPSA) is 66.5 Å². The third-order valence-electron chi connectivity index (χ3n) is 4.44. The molecule has 0 saturated carbocycles. The van der Waals surface area contributed by atoms with E-state index in [1.807, 2.05) is 24.3 Å². The quantitative estimate of drug-likeness (QED) is 0.834. The van der Waals surface area contributed by atoms with Gasteiger partial charge in [0.1, 0.15) is 6.54 Å². The molecule has 1 fully saturated rings. The van der Waals surface area contributed by atoms with Gasteiger partial charge in [0, 0.05) is 13.0 Å². The largest absolute Gasteiger partial charge is 0.355 e. The Hall–Kier alpha value is -2.17. The van der Waals surface area contributed by atoms with E-state index < -0.39 is 5.41 Å². The van der Waals surface area contributed by atoms with E-state index in [4.69, 9.17) is 0 Å². The summed E-state index contributed by atoms with van der Waals surface area (Å²) >= 11 is 0. The Bertz CT molecular complexity index is 626. The lowest BCUT2D eigenvalue weighted by atomic mass is 9.80. The second kappa shape index (κ2) is 4.98. The number of nitrogens with zero attached hydrogens (tertiary/aromatic N) is 1. The smallest absolute Gasteiger partial charge is 0.240 e. The summed E-state index contributed by atoms with van der Waals surface area (Å²) in [6.45, 7) is 2.12. The molecule has 1 aliphatic heterocycles. The summed E-state index contributed by atoms with van der Waals surface area (Å²) in [4.78, 5) is 37.8. The van der Waals surface area contributed by atoms with Gasteiger partial charge in [-0.2, -0.15) is 0 Å². The van der Waals surface area contributed by atoms with Gasteiger partial charge in [0.05, 0.1) is 5.41 Å². The standard InChI is InChI=1S/C16H18N2O3/c1-2-17-13(19)10-18-14(20)9-16(15(18)21)8-7-11-5-3-4-6-12(11)16/h3-6H,2,7-10H2,1H3,(H,17,19)/t16-/m1/s1. The van der Waals surface area contributed by atoms with E-state index in [9.17, 15) is 14.4 Å². The minimum atomic E-state index is -0.736. The SMILES string of the molecule is CCNC(=O)CN1C(=O)C[C@@]2(CCc3ccccc32)C1=O. The van der Waals surface area contributed by atoms with Crippen molar-refractivity contribution in [2.75, 3.05) is 13.1 Å². The number of amides is 3. The molecule has 1 atom stereocenters. The van der Waals surface area contributed by atoms with E-state index in [1.165, 1.54) is 0 Å². The average Bonchev–Trinajstić information content (AvgIpc) is 2.94. The second-order valence-electron chi connectivity index (χ2n) is 5.65. The number of fused-ring (bicyclic) bond motifs is 2. The highest BCUT2D eigenvalue weighted by molar-refractivity contribution is 6.11. The molecule has 5 nitrogen and oxygen atoms in total. The van der Waals surface area contributed by atoms with Crippen LogP contribution in [0.2, 0.25) is 0 Å². The summed E-state index contributed by atoms with van der Waals surface area (Å²) < 4.78 is 0. The highest BCUT2D eigenvalue weighted by Gasteiger charge is 2.55. The summed E-state index contributed by atoms with van der Waals surface area (Å²) in [7, 11) is 0. The van der Waals surface area contributed by atoms with Crippen LogP contribution in [0.4, 0.5) is 0 Å². The molecule has 0 aromatic heterocycles. The summed E-state index contributed by atoms with van der Waals surface area (Å²) in [6, 6.07) is 7.79. The number of rotatable bonds is 3. The molecule has 1 heterocycles. The minimum Gasteiger partial charge on any atom is -0.355 e. The molecule has 21 heavy (non-hydrogen) atoms. The second-order valence-corrected chi connectivity index (χ2v) is 5.65. The molecule has 110 valence electrons. The van der Waals surface area contributed by atoms with E-state index in [-0.39, 0.29) is 30.7 Å². The fourth-order valence-electron chi connectivity index (χ4n) is 3.45. The van der Waals surface area contributed by atoms with Crippen molar-refractivity contribution in [3.05, 3.63) is 35.4 Å². The molecular weight excluding hydrogens is 268 g/mol. The third kappa shape index (κ3) is 2.04. The fraction of sp³-hybridized carbons (Fsp3) is 0.438.